The molecule has 0 amide bonds. The molecule has 4 nitrogen and oxygen atoms in total. The predicted molar refractivity (Wildman–Crippen MR) is 124 cm³/mol. The van der Waals surface area contributed by atoms with E-state index in [1.807, 2.05) is 4.68 Å². The maximum Gasteiger partial charge on any atom is 0.175 e. The minimum atomic E-state index is -1.76. The summed E-state index contributed by atoms with van der Waals surface area (Å²) in [6.45, 7) is 20.4. The van der Waals surface area contributed by atoms with Crippen LogP contribution in [0.2, 0.25) is 39.3 Å². The van der Waals surface area contributed by atoms with Gasteiger partial charge in [-0.15, -0.1) is 5.10 Å². The van der Waals surface area contributed by atoms with E-state index in [0.717, 1.165) is 16.8 Å². The van der Waals surface area contributed by atoms with Crippen LogP contribution in [0.3, 0.4) is 0 Å². The molecule has 6 heteroatoms. The Labute approximate surface area is 170 Å². The minimum absolute atomic E-state index is 0.116. The van der Waals surface area contributed by atoms with Gasteiger partial charge >= 0.3 is 0 Å². The van der Waals surface area contributed by atoms with E-state index in [4.69, 9.17) is 4.74 Å². The fourth-order valence-electron chi connectivity index (χ4n) is 3.80. The van der Waals surface area contributed by atoms with Crippen LogP contribution in [0, 0.1) is 20.8 Å². The topological polar surface area (TPSA) is 39.9 Å². The molecule has 28 heavy (non-hydrogen) atoms. The molecule has 0 radical (unpaired) electrons. The van der Waals surface area contributed by atoms with E-state index in [1.54, 1.807) is 0 Å². The molecule has 1 atom stereocenters. The number of hydrogen-bond acceptors (Lipinski definition) is 3. The summed E-state index contributed by atoms with van der Waals surface area (Å²) in [7, 11) is -3.27. The molecule has 0 saturated heterocycles. The van der Waals surface area contributed by atoms with Crippen molar-refractivity contribution in [2.75, 3.05) is 0 Å². The van der Waals surface area contributed by atoms with Crippen LogP contribution in [0.4, 0.5) is 0 Å². The van der Waals surface area contributed by atoms with Gasteiger partial charge in [0.25, 0.3) is 0 Å². The molecule has 0 aliphatic rings. The third kappa shape index (κ3) is 3.93. The summed E-state index contributed by atoms with van der Waals surface area (Å²) < 4.78 is 8.74. The number of benzene rings is 2. The Morgan fingerprint density at radius 2 is 1.54 bits per heavy atom. The third-order valence-electron chi connectivity index (χ3n) is 5.11. The highest BCUT2D eigenvalue weighted by molar-refractivity contribution is 6.90. The third-order valence-corrected chi connectivity index (χ3v) is 8.97. The van der Waals surface area contributed by atoms with Gasteiger partial charge in [0.05, 0.1) is 13.6 Å². The van der Waals surface area contributed by atoms with Gasteiger partial charge in [-0.25, -0.2) is 4.68 Å². The van der Waals surface area contributed by atoms with Crippen LogP contribution in [-0.4, -0.2) is 31.1 Å². The fraction of sp³-hybridized carbons (Fsp3) is 0.455. The van der Waals surface area contributed by atoms with Gasteiger partial charge in [-0.3, -0.25) is 0 Å². The molecule has 150 valence electrons. The van der Waals surface area contributed by atoms with Crippen LogP contribution in [0.25, 0.3) is 11.0 Å². The van der Waals surface area contributed by atoms with Crippen molar-refractivity contribution < 1.29 is 4.74 Å². The number of aromatic nitrogens is 3. The van der Waals surface area contributed by atoms with Crippen molar-refractivity contribution in [1.82, 2.24) is 15.0 Å². The van der Waals surface area contributed by atoms with Gasteiger partial charge in [0, 0.05) is 0 Å². The van der Waals surface area contributed by atoms with Crippen LogP contribution < -0.4 is 9.92 Å². The zero-order valence-electron chi connectivity index (χ0n) is 18.7. The van der Waals surface area contributed by atoms with E-state index in [9.17, 15) is 0 Å². The molecule has 0 spiro atoms. The molecule has 1 heterocycles. The Kier molecular flexibility index (Phi) is 5.31. The van der Waals surface area contributed by atoms with E-state index >= 15 is 0 Å². The second-order valence-electron chi connectivity index (χ2n) is 10.0. The lowest BCUT2D eigenvalue weighted by atomic mass is 10.1. The molecule has 3 aromatic rings. The monoisotopic (exact) mass is 411 g/mol. The second kappa shape index (κ2) is 7.15. The number of aryl methyl sites for hydroxylation is 3. The highest BCUT2D eigenvalue weighted by atomic mass is 28.3. The summed E-state index contributed by atoms with van der Waals surface area (Å²) in [4.78, 5) is 0. The lowest BCUT2D eigenvalue weighted by molar-refractivity contribution is 0.188. The molecule has 0 N–H and O–H groups in total. The van der Waals surface area contributed by atoms with Crippen LogP contribution in [0.15, 0.2) is 30.3 Å². The summed E-state index contributed by atoms with van der Waals surface area (Å²) in [5.41, 5.74) is 5.72. The van der Waals surface area contributed by atoms with Gasteiger partial charge in [0.2, 0.25) is 0 Å². The predicted octanol–water partition coefficient (Wildman–Crippen LogP) is 5.36. The number of ether oxygens (including phenoxy) is 1. The Balaban J connectivity index is 2.15. The molecule has 0 bridgehead atoms. The van der Waals surface area contributed by atoms with Crippen molar-refractivity contribution >= 4 is 32.4 Å². The first-order valence-corrected chi connectivity index (χ1v) is 17.1. The molecule has 0 saturated carbocycles. The molecular weight excluding hydrogens is 378 g/mol. The number of nitrogens with zero attached hydrogens (tertiary/aromatic N) is 3. The zero-order chi connectivity index (χ0) is 20.9. The average Bonchev–Trinajstić information content (AvgIpc) is 2.95. The summed E-state index contributed by atoms with van der Waals surface area (Å²) in [5, 5.41) is 10.6. The molecule has 2 aromatic carbocycles. The Hall–Kier alpha value is -1.93. The normalized spacial score (nSPS) is 13.8. The first kappa shape index (κ1) is 20.8. The largest absolute Gasteiger partial charge is 0.472 e. The van der Waals surface area contributed by atoms with E-state index in [0.29, 0.717) is 0 Å². The quantitative estimate of drug-likeness (QED) is 0.531. The highest BCUT2D eigenvalue weighted by Gasteiger charge is 2.34. The van der Waals surface area contributed by atoms with Gasteiger partial charge in [0.15, 0.2) is 5.85 Å². The zero-order valence-corrected chi connectivity index (χ0v) is 20.7. The van der Waals surface area contributed by atoms with Crippen LogP contribution >= 0.6 is 0 Å². The van der Waals surface area contributed by atoms with Crippen molar-refractivity contribution in [3.8, 4) is 5.75 Å². The van der Waals surface area contributed by atoms with Crippen molar-refractivity contribution in [2.24, 2.45) is 0 Å². The number of fused-ring (bicyclic) bond motifs is 1. The summed E-state index contributed by atoms with van der Waals surface area (Å²) >= 11 is 0. The molecule has 3 rings (SSSR count). The minimum Gasteiger partial charge on any atom is -0.472 e. The molecule has 1 unspecified atom stereocenters. The maximum atomic E-state index is 6.71. The number of rotatable bonds is 5. The first-order valence-electron chi connectivity index (χ1n) is 9.98. The fourth-order valence-corrected chi connectivity index (χ4v) is 6.68. The maximum absolute atomic E-state index is 6.71. The SMILES string of the molecule is Cc1cc(C)c(OC(n2nnc3c([Si](C)(C)C)cccc32)[Si](C)(C)C)c(C)c1. The van der Waals surface area contributed by atoms with Crippen molar-refractivity contribution in [1.29, 1.82) is 0 Å². The van der Waals surface area contributed by atoms with E-state index < -0.39 is 16.1 Å². The van der Waals surface area contributed by atoms with E-state index in [1.165, 1.54) is 21.9 Å². The van der Waals surface area contributed by atoms with Gasteiger partial charge < -0.3 is 4.74 Å². The molecule has 1 aromatic heterocycles. The van der Waals surface area contributed by atoms with Gasteiger partial charge in [0.1, 0.15) is 19.3 Å². The Morgan fingerprint density at radius 1 is 0.929 bits per heavy atom. The average molecular weight is 412 g/mol. The van der Waals surface area contributed by atoms with Crippen LogP contribution in [-0.2, 0) is 0 Å². The Morgan fingerprint density at radius 3 is 2.07 bits per heavy atom. The standard InChI is InChI=1S/C22H33N3OSi2/c1-15-13-16(2)21(17(3)14-15)26-22(28(7,8)9)25-18-11-10-12-19(27(4,5)6)20(18)23-24-25/h10-14,22H,1-9H3. The van der Waals surface area contributed by atoms with Crippen LogP contribution in [0.1, 0.15) is 22.5 Å². The molecule has 0 aliphatic carbocycles. The van der Waals surface area contributed by atoms with Gasteiger partial charge in [-0.05, 0) is 43.2 Å². The van der Waals surface area contributed by atoms with E-state index in [2.05, 4.69) is 101 Å². The second-order valence-corrected chi connectivity index (χ2v) is 20.3. The van der Waals surface area contributed by atoms with Gasteiger partial charge in [-0.1, -0.05) is 74.3 Å². The summed E-state index contributed by atoms with van der Waals surface area (Å²) in [6, 6.07) is 10.9. The van der Waals surface area contributed by atoms with Crippen LogP contribution in [0.5, 0.6) is 5.75 Å². The highest BCUT2D eigenvalue weighted by Crippen LogP contribution is 2.32. The lowest BCUT2D eigenvalue weighted by Crippen LogP contribution is -2.40. The van der Waals surface area contributed by atoms with Gasteiger partial charge in [-0.2, -0.15) is 0 Å². The summed E-state index contributed by atoms with van der Waals surface area (Å²) in [5.74, 6) is 0.859. The number of hydrogen-bond donors (Lipinski definition) is 0. The van der Waals surface area contributed by atoms with Crippen molar-refractivity contribution in [3.63, 3.8) is 0 Å². The van der Waals surface area contributed by atoms with Crippen molar-refractivity contribution in [2.45, 2.75) is 65.9 Å². The van der Waals surface area contributed by atoms with E-state index in [-0.39, 0.29) is 5.85 Å². The first-order chi connectivity index (χ1) is 12.9. The molecule has 0 fully saturated rings. The lowest BCUT2D eigenvalue weighted by Gasteiger charge is -2.31. The molecule has 0 aliphatic heterocycles. The smallest absolute Gasteiger partial charge is 0.175 e. The summed E-state index contributed by atoms with van der Waals surface area (Å²) in [6.07, 6.45) is 0. The van der Waals surface area contributed by atoms with Crippen molar-refractivity contribution in [3.05, 3.63) is 47.0 Å². The Bertz CT molecular complexity index is 990. The molecular formula is C22H33N3OSi2.